The van der Waals surface area contributed by atoms with Crippen molar-refractivity contribution in [2.24, 2.45) is 11.5 Å². The molecule has 5 nitrogen and oxygen atoms in total. The number of nitrogens with two attached hydrogens (primary N) is 2. The molecule has 27 heavy (non-hydrogen) atoms. The standard InChI is InChI=1S/C22H32N4O/c1-2-3-11-22(24,16-23)17-25-12-14-26(15-13-25)21(27)20-10-6-8-18-7-4-5-9-19(18)20/h4-10H,2-3,11-17,23-24H2,1H3. The normalized spacial score (nSPS) is 17.8. The smallest absolute Gasteiger partial charge is 0.254 e. The van der Waals surface area contributed by atoms with Gasteiger partial charge < -0.3 is 16.4 Å². The molecule has 3 rings (SSSR count). The van der Waals surface area contributed by atoms with Crippen molar-refractivity contribution in [2.45, 2.75) is 31.7 Å². The van der Waals surface area contributed by atoms with Gasteiger partial charge in [-0.2, -0.15) is 0 Å². The first-order chi connectivity index (χ1) is 13.1. The van der Waals surface area contributed by atoms with Crippen molar-refractivity contribution in [3.8, 4) is 0 Å². The molecule has 1 unspecified atom stereocenters. The molecule has 1 amide bonds. The van der Waals surface area contributed by atoms with Gasteiger partial charge in [-0.25, -0.2) is 0 Å². The van der Waals surface area contributed by atoms with E-state index in [1.807, 2.05) is 47.4 Å². The fourth-order valence-electron chi connectivity index (χ4n) is 3.91. The maximum Gasteiger partial charge on any atom is 0.254 e. The lowest BCUT2D eigenvalue weighted by Gasteiger charge is -2.40. The largest absolute Gasteiger partial charge is 0.336 e. The lowest BCUT2D eigenvalue weighted by atomic mass is 9.93. The highest BCUT2D eigenvalue weighted by atomic mass is 16.2. The summed E-state index contributed by atoms with van der Waals surface area (Å²) in [5, 5.41) is 2.13. The second-order valence-corrected chi connectivity index (χ2v) is 7.77. The molecule has 2 aromatic rings. The van der Waals surface area contributed by atoms with Gasteiger partial charge in [-0.3, -0.25) is 9.69 Å². The van der Waals surface area contributed by atoms with E-state index in [2.05, 4.69) is 11.8 Å². The Morgan fingerprint density at radius 1 is 1.07 bits per heavy atom. The van der Waals surface area contributed by atoms with E-state index in [9.17, 15) is 4.79 Å². The van der Waals surface area contributed by atoms with E-state index in [0.29, 0.717) is 6.54 Å². The molecule has 1 aliphatic rings. The number of carbonyl (C=O) groups excluding carboxylic acids is 1. The summed E-state index contributed by atoms with van der Waals surface area (Å²) in [6.07, 6.45) is 3.19. The Morgan fingerprint density at radius 3 is 2.48 bits per heavy atom. The predicted molar refractivity (Wildman–Crippen MR) is 112 cm³/mol. The zero-order valence-electron chi connectivity index (χ0n) is 16.4. The van der Waals surface area contributed by atoms with Crippen molar-refractivity contribution < 1.29 is 4.79 Å². The first-order valence-electron chi connectivity index (χ1n) is 10.0. The van der Waals surface area contributed by atoms with E-state index >= 15 is 0 Å². The third-order valence-electron chi connectivity index (χ3n) is 5.65. The highest BCUT2D eigenvalue weighted by molar-refractivity contribution is 6.07. The third kappa shape index (κ3) is 4.67. The highest BCUT2D eigenvalue weighted by Crippen LogP contribution is 2.21. The zero-order chi connectivity index (χ0) is 19.3. The van der Waals surface area contributed by atoms with E-state index in [1.54, 1.807) is 0 Å². The van der Waals surface area contributed by atoms with E-state index < -0.39 is 0 Å². The van der Waals surface area contributed by atoms with Crippen molar-refractivity contribution in [1.82, 2.24) is 9.80 Å². The minimum Gasteiger partial charge on any atom is -0.336 e. The quantitative estimate of drug-likeness (QED) is 0.787. The van der Waals surface area contributed by atoms with Crippen LogP contribution < -0.4 is 11.5 Å². The van der Waals surface area contributed by atoms with Crippen LogP contribution in [0.15, 0.2) is 42.5 Å². The second-order valence-electron chi connectivity index (χ2n) is 7.77. The molecule has 0 saturated carbocycles. The molecule has 1 saturated heterocycles. The fourth-order valence-corrected chi connectivity index (χ4v) is 3.91. The summed E-state index contributed by atoms with van der Waals surface area (Å²) in [6.45, 7) is 6.65. The van der Waals surface area contributed by atoms with Crippen LogP contribution in [-0.4, -0.2) is 60.5 Å². The van der Waals surface area contributed by atoms with Gasteiger partial charge in [-0.05, 0) is 23.3 Å². The number of carbonyl (C=O) groups is 1. The second kappa shape index (κ2) is 8.83. The van der Waals surface area contributed by atoms with Crippen LogP contribution in [0.3, 0.4) is 0 Å². The summed E-state index contributed by atoms with van der Waals surface area (Å²) >= 11 is 0. The summed E-state index contributed by atoms with van der Waals surface area (Å²) in [7, 11) is 0. The fraction of sp³-hybridized carbons (Fsp3) is 0.500. The third-order valence-corrected chi connectivity index (χ3v) is 5.65. The molecule has 0 aromatic heterocycles. The Kier molecular flexibility index (Phi) is 6.47. The molecule has 1 atom stereocenters. The summed E-state index contributed by atoms with van der Waals surface area (Å²) in [6, 6.07) is 14.0. The van der Waals surface area contributed by atoms with Crippen LogP contribution in [-0.2, 0) is 0 Å². The topological polar surface area (TPSA) is 75.6 Å². The number of piperazine rings is 1. The van der Waals surface area contributed by atoms with Gasteiger partial charge in [-0.15, -0.1) is 0 Å². The van der Waals surface area contributed by atoms with Crippen LogP contribution in [0.5, 0.6) is 0 Å². The van der Waals surface area contributed by atoms with Crippen LogP contribution in [0.2, 0.25) is 0 Å². The number of fused-ring (bicyclic) bond motifs is 1. The predicted octanol–water partition coefficient (Wildman–Crippen LogP) is 2.44. The number of nitrogens with zero attached hydrogens (tertiary/aromatic N) is 2. The molecule has 0 aliphatic carbocycles. The molecule has 0 spiro atoms. The van der Waals surface area contributed by atoms with Crippen molar-refractivity contribution in [3.05, 3.63) is 48.0 Å². The van der Waals surface area contributed by atoms with Gasteiger partial charge in [0.1, 0.15) is 0 Å². The Balaban J connectivity index is 1.62. The Labute approximate surface area is 162 Å². The minimum atomic E-state index is -0.322. The van der Waals surface area contributed by atoms with Crippen LogP contribution in [0, 0.1) is 0 Å². The molecule has 0 radical (unpaired) electrons. The molecule has 1 fully saturated rings. The molecular weight excluding hydrogens is 336 g/mol. The molecular formula is C22H32N4O. The number of rotatable bonds is 7. The molecule has 0 bridgehead atoms. The first-order valence-corrected chi connectivity index (χ1v) is 10.0. The Morgan fingerprint density at radius 2 is 1.78 bits per heavy atom. The monoisotopic (exact) mass is 368 g/mol. The van der Waals surface area contributed by atoms with Gasteiger partial charge in [0.2, 0.25) is 0 Å². The van der Waals surface area contributed by atoms with Crippen LogP contribution in [0.1, 0.15) is 36.5 Å². The van der Waals surface area contributed by atoms with Gasteiger partial charge >= 0.3 is 0 Å². The van der Waals surface area contributed by atoms with E-state index in [4.69, 9.17) is 11.5 Å². The van der Waals surface area contributed by atoms with Crippen LogP contribution >= 0.6 is 0 Å². The van der Waals surface area contributed by atoms with Gasteiger partial charge in [0.25, 0.3) is 5.91 Å². The molecule has 1 aliphatic heterocycles. The van der Waals surface area contributed by atoms with Crippen LogP contribution in [0.25, 0.3) is 10.8 Å². The lowest BCUT2D eigenvalue weighted by molar-refractivity contribution is 0.0606. The highest BCUT2D eigenvalue weighted by Gasteiger charge is 2.29. The average molecular weight is 369 g/mol. The molecule has 5 heteroatoms. The van der Waals surface area contributed by atoms with Crippen molar-refractivity contribution in [3.63, 3.8) is 0 Å². The number of amides is 1. The Hall–Kier alpha value is -1.95. The zero-order valence-corrected chi connectivity index (χ0v) is 16.4. The SMILES string of the molecule is CCCCC(N)(CN)CN1CCN(C(=O)c2cccc3ccccc23)CC1. The van der Waals surface area contributed by atoms with E-state index in [1.165, 1.54) is 0 Å². The van der Waals surface area contributed by atoms with Crippen molar-refractivity contribution >= 4 is 16.7 Å². The van der Waals surface area contributed by atoms with Gasteiger partial charge in [-0.1, -0.05) is 56.2 Å². The maximum absolute atomic E-state index is 13.1. The maximum atomic E-state index is 13.1. The van der Waals surface area contributed by atoms with Crippen molar-refractivity contribution in [1.29, 1.82) is 0 Å². The average Bonchev–Trinajstić information content (AvgIpc) is 2.72. The van der Waals surface area contributed by atoms with E-state index in [0.717, 1.165) is 68.3 Å². The molecule has 4 N–H and O–H groups in total. The molecule has 146 valence electrons. The van der Waals surface area contributed by atoms with Gasteiger partial charge in [0, 0.05) is 50.4 Å². The summed E-state index contributed by atoms with van der Waals surface area (Å²) in [5.74, 6) is 0.121. The van der Waals surface area contributed by atoms with Crippen LogP contribution in [0.4, 0.5) is 0 Å². The molecule has 1 heterocycles. The minimum absolute atomic E-state index is 0.121. The number of hydrogen-bond acceptors (Lipinski definition) is 4. The van der Waals surface area contributed by atoms with Gasteiger partial charge in [0.05, 0.1) is 0 Å². The number of unbranched alkanes of at least 4 members (excludes halogenated alkanes) is 1. The van der Waals surface area contributed by atoms with Crippen molar-refractivity contribution in [2.75, 3.05) is 39.3 Å². The molecule has 2 aromatic carbocycles. The Bertz CT molecular complexity index is 765. The summed E-state index contributed by atoms with van der Waals surface area (Å²) in [5.41, 5.74) is 12.9. The summed E-state index contributed by atoms with van der Waals surface area (Å²) in [4.78, 5) is 17.4. The number of benzene rings is 2. The van der Waals surface area contributed by atoms with E-state index in [-0.39, 0.29) is 11.4 Å². The summed E-state index contributed by atoms with van der Waals surface area (Å²) < 4.78 is 0. The lowest BCUT2D eigenvalue weighted by Crippen LogP contribution is -2.59. The van der Waals surface area contributed by atoms with Gasteiger partial charge in [0.15, 0.2) is 0 Å². The number of hydrogen-bond donors (Lipinski definition) is 2. The first kappa shape index (κ1) is 19.8.